The number of nitrogens with one attached hydrogen (secondary N) is 3. The Kier molecular flexibility index (Phi) is 6.12. The van der Waals surface area contributed by atoms with Crippen molar-refractivity contribution in [2.24, 2.45) is 0 Å². The Labute approximate surface area is 160 Å². The van der Waals surface area contributed by atoms with Crippen LogP contribution in [0.1, 0.15) is 50.2 Å². The molecule has 0 bridgehead atoms. The molecule has 1 aliphatic rings. The van der Waals surface area contributed by atoms with Crippen LogP contribution in [0.3, 0.4) is 0 Å². The Hall–Kier alpha value is -2.82. The molecule has 3 amide bonds. The first-order chi connectivity index (χ1) is 13.1. The minimum atomic E-state index is -0.916. The number of rotatable bonds is 4. The summed E-state index contributed by atoms with van der Waals surface area (Å²) in [7, 11) is 0. The van der Waals surface area contributed by atoms with Gasteiger partial charge in [0.1, 0.15) is 0 Å². The van der Waals surface area contributed by atoms with Gasteiger partial charge in [0.15, 0.2) is 0 Å². The molecule has 3 N–H and O–H groups in total. The second-order valence-electron chi connectivity index (χ2n) is 7.24. The summed E-state index contributed by atoms with van der Waals surface area (Å²) in [5, 5.41) is 2.94. The Morgan fingerprint density at radius 2 is 1.33 bits per heavy atom. The number of carbonyl (C=O) groups excluding carboxylic acids is 2. The second kappa shape index (κ2) is 8.71. The zero-order valence-corrected chi connectivity index (χ0v) is 15.7. The second-order valence-corrected chi connectivity index (χ2v) is 7.24. The van der Waals surface area contributed by atoms with E-state index in [1.807, 2.05) is 67.6 Å². The predicted octanol–water partition coefficient (Wildman–Crippen LogP) is 3.66. The third-order valence-electron chi connectivity index (χ3n) is 5.39. The summed E-state index contributed by atoms with van der Waals surface area (Å²) in [6, 6.07) is 19.0. The van der Waals surface area contributed by atoms with Gasteiger partial charge in [0.05, 0.1) is 5.41 Å². The third kappa shape index (κ3) is 4.48. The molecule has 0 heterocycles. The van der Waals surface area contributed by atoms with Crippen molar-refractivity contribution in [2.75, 3.05) is 0 Å². The van der Waals surface area contributed by atoms with Crippen molar-refractivity contribution < 1.29 is 9.59 Å². The molecule has 0 aliphatic heterocycles. The summed E-state index contributed by atoms with van der Waals surface area (Å²) in [4.78, 5) is 25.3. The van der Waals surface area contributed by atoms with E-state index < -0.39 is 5.41 Å². The number of benzene rings is 2. The van der Waals surface area contributed by atoms with E-state index in [0.29, 0.717) is 0 Å². The van der Waals surface area contributed by atoms with Gasteiger partial charge in [0.2, 0.25) is 0 Å². The highest BCUT2D eigenvalue weighted by Gasteiger charge is 2.37. The Balaban J connectivity index is 1.71. The van der Waals surface area contributed by atoms with Crippen molar-refractivity contribution in [1.29, 1.82) is 0 Å². The molecule has 0 radical (unpaired) electrons. The van der Waals surface area contributed by atoms with E-state index in [2.05, 4.69) is 16.2 Å². The first-order valence-electron chi connectivity index (χ1n) is 9.58. The Bertz CT molecular complexity index is 716. The fourth-order valence-electron chi connectivity index (χ4n) is 3.68. The molecule has 142 valence electrons. The molecular weight excluding hydrogens is 338 g/mol. The molecule has 0 spiro atoms. The van der Waals surface area contributed by atoms with Crippen molar-refractivity contribution in [3.05, 3.63) is 71.8 Å². The van der Waals surface area contributed by atoms with E-state index in [1.165, 1.54) is 6.42 Å². The standard InChI is InChI=1S/C22H27N3O2/c1-22(17-11-5-2-6-12-17,18-13-7-3-8-14-18)20(26)24-25-21(27)23-19-15-9-4-10-16-19/h2-3,5-8,11-14,19H,4,9-10,15-16H2,1H3,(H,24,26)(H2,23,25,27). The molecule has 2 aromatic rings. The number of hydrogen-bond donors (Lipinski definition) is 3. The summed E-state index contributed by atoms with van der Waals surface area (Å²) >= 11 is 0. The van der Waals surface area contributed by atoms with Crippen molar-refractivity contribution in [3.8, 4) is 0 Å². The number of hydrazine groups is 1. The lowest BCUT2D eigenvalue weighted by Gasteiger charge is -2.30. The molecule has 1 aliphatic carbocycles. The summed E-state index contributed by atoms with van der Waals surface area (Å²) in [5.41, 5.74) is 5.95. The lowest BCUT2D eigenvalue weighted by Crippen LogP contribution is -2.54. The number of carbonyl (C=O) groups is 2. The highest BCUT2D eigenvalue weighted by molar-refractivity contribution is 5.92. The largest absolute Gasteiger partial charge is 0.334 e. The third-order valence-corrected chi connectivity index (χ3v) is 5.39. The van der Waals surface area contributed by atoms with Crippen LogP contribution in [0, 0.1) is 0 Å². The van der Waals surface area contributed by atoms with Crippen molar-refractivity contribution in [2.45, 2.75) is 50.5 Å². The summed E-state index contributed by atoms with van der Waals surface area (Å²) in [5.74, 6) is -0.279. The minimum absolute atomic E-state index is 0.185. The number of urea groups is 1. The molecule has 27 heavy (non-hydrogen) atoms. The average Bonchev–Trinajstić information content (AvgIpc) is 2.73. The van der Waals surface area contributed by atoms with Gasteiger partial charge in [-0.25, -0.2) is 10.2 Å². The predicted molar refractivity (Wildman–Crippen MR) is 106 cm³/mol. The molecule has 2 aromatic carbocycles. The van der Waals surface area contributed by atoms with Crippen LogP contribution in [-0.4, -0.2) is 18.0 Å². The van der Waals surface area contributed by atoms with E-state index in [-0.39, 0.29) is 18.0 Å². The highest BCUT2D eigenvalue weighted by atomic mass is 16.2. The molecule has 1 fully saturated rings. The fourth-order valence-corrected chi connectivity index (χ4v) is 3.68. The van der Waals surface area contributed by atoms with Crippen LogP contribution < -0.4 is 16.2 Å². The topological polar surface area (TPSA) is 70.2 Å². The van der Waals surface area contributed by atoms with E-state index in [0.717, 1.165) is 36.8 Å². The Morgan fingerprint density at radius 3 is 1.85 bits per heavy atom. The monoisotopic (exact) mass is 365 g/mol. The van der Waals surface area contributed by atoms with Gasteiger partial charge in [-0.3, -0.25) is 10.2 Å². The van der Waals surface area contributed by atoms with Gasteiger partial charge in [0.25, 0.3) is 5.91 Å². The minimum Gasteiger partial charge on any atom is -0.334 e. The van der Waals surface area contributed by atoms with Crippen molar-refractivity contribution >= 4 is 11.9 Å². The fraction of sp³-hybridized carbons (Fsp3) is 0.364. The molecule has 5 nitrogen and oxygen atoms in total. The lowest BCUT2D eigenvalue weighted by atomic mass is 9.75. The molecule has 0 aromatic heterocycles. The van der Waals surface area contributed by atoms with Crippen LogP contribution >= 0.6 is 0 Å². The molecular formula is C22H27N3O2. The van der Waals surface area contributed by atoms with Crippen LogP contribution in [0.4, 0.5) is 4.79 Å². The number of amides is 3. The lowest BCUT2D eigenvalue weighted by molar-refractivity contribution is -0.125. The van der Waals surface area contributed by atoms with Gasteiger partial charge in [-0.1, -0.05) is 79.9 Å². The van der Waals surface area contributed by atoms with Crippen LogP contribution in [-0.2, 0) is 10.2 Å². The van der Waals surface area contributed by atoms with Crippen molar-refractivity contribution in [3.63, 3.8) is 0 Å². The summed E-state index contributed by atoms with van der Waals surface area (Å²) in [6.45, 7) is 1.87. The van der Waals surface area contributed by atoms with Gasteiger partial charge in [-0.15, -0.1) is 0 Å². The van der Waals surface area contributed by atoms with Gasteiger partial charge >= 0.3 is 6.03 Å². The molecule has 3 rings (SSSR count). The van der Waals surface area contributed by atoms with Crippen LogP contribution in [0.15, 0.2) is 60.7 Å². The van der Waals surface area contributed by atoms with Gasteiger partial charge in [0, 0.05) is 6.04 Å². The Morgan fingerprint density at radius 1 is 0.815 bits per heavy atom. The molecule has 1 saturated carbocycles. The van der Waals surface area contributed by atoms with Gasteiger partial charge in [-0.05, 0) is 30.9 Å². The van der Waals surface area contributed by atoms with Crippen LogP contribution in [0.2, 0.25) is 0 Å². The van der Waals surface area contributed by atoms with E-state index in [1.54, 1.807) is 0 Å². The zero-order chi connectivity index (χ0) is 19.1. The first-order valence-corrected chi connectivity index (χ1v) is 9.58. The van der Waals surface area contributed by atoms with Gasteiger partial charge < -0.3 is 5.32 Å². The number of hydrogen-bond acceptors (Lipinski definition) is 2. The van der Waals surface area contributed by atoms with Crippen molar-refractivity contribution in [1.82, 2.24) is 16.2 Å². The van der Waals surface area contributed by atoms with Crippen LogP contribution in [0.5, 0.6) is 0 Å². The normalized spacial score (nSPS) is 15.0. The first kappa shape index (κ1) is 19.0. The SMILES string of the molecule is CC(C(=O)NNC(=O)NC1CCCCC1)(c1ccccc1)c1ccccc1. The maximum Gasteiger partial charge on any atom is 0.333 e. The zero-order valence-electron chi connectivity index (χ0n) is 15.7. The van der Waals surface area contributed by atoms with Gasteiger partial charge in [-0.2, -0.15) is 0 Å². The van der Waals surface area contributed by atoms with E-state index >= 15 is 0 Å². The maximum atomic E-state index is 13.1. The summed E-state index contributed by atoms with van der Waals surface area (Å²) < 4.78 is 0. The van der Waals surface area contributed by atoms with Crippen LogP contribution in [0.25, 0.3) is 0 Å². The molecule has 0 unspecified atom stereocenters. The molecule has 5 heteroatoms. The smallest absolute Gasteiger partial charge is 0.333 e. The maximum absolute atomic E-state index is 13.1. The average molecular weight is 365 g/mol. The highest BCUT2D eigenvalue weighted by Crippen LogP contribution is 2.32. The van der Waals surface area contributed by atoms with E-state index in [4.69, 9.17) is 0 Å². The quantitative estimate of drug-likeness (QED) is 0.724. The molecule has 0 saturated heterocycles. The summed E-state index contributed by atoms with van der Waals surface area (Å²) in [6.07, 6.45) is 5.48. The van der Waals surface area contributed by atoms with E-state index in [9.17, 15) is 9.59 Å². The molecule has 0 atom stereocenters.